The van der Waals surface area contributed by atoms with E-state index < -0.39 is 35.1 Å². The van der Waals surface area contributed by atoms with Crippen molar-refractivity contribution in [3.8, 4) is 0 Å². The van der Waals surface area contributed by atoms with Crippen molar-refractivity contribution in [1.82, 2.24) is 15.3 Å². The zero-order valence-corrected chi connectivity index (χ0v) is 16.4. The van der Waals surface area contributed by atoms with E-state index in [2.05, 4.69) is 20.6 Å². The molecule has 0 aliphatic rings. The van der Waals surface area contributed by atoms with Crippen LogP contribution in [0.3, 0.4) is 0 Å². The first kappa shape index (κ1) is 21.8. The van der Waals surface area contributed by atoms with Gasteiger partial charge in [0.1, 0.15) is 5.82 Å². The summed E-state index contributed by atoms with van der Waals surface area (Å²) in [6, 6.07) is 9.68. The van der Waals surface area contributed by atoms with Crippen LogP contribution in [0.5, 0.6) is 0 Å². The summed E-state index contributed by atoms with van der Waals surface area (Å²) >= 11 is 11.9. The van der Waals surface area contributed by atoms with E-state index in [1.165, 1.54) is 36.4 Å². The lowest BCUT2D eigenvalue weighted by atomic mass is 10.2. The zero-order chi connectivity index (χ0) is 21.9. The number of halogens is 6. The number of carbonyl (C=O) groups is 1. The van der Waals surface area contributed by atoms with E-state index in [0.717, 1.165) is 6.20 Å². The van der Waals surface area contributed by atoms with Gasteiger partial charge in [0.05, 0.1) is 21.3 Å². The number of benzene rings is 2. The molecule has 3 aromatic rings. The fraction of sp³-hybridized carbons (Fsp3) is 0.105. The van der Waals surface area contributed by atoms with Gasteiger partial charge in [0.2, 0.25) is 5.95 Å². The fourth-order valence-corrected chi connectivity index (χ4v) is 2.77. The molecule has 3 rings (SSSR count). The van der Waals surface area contributed by atoms with E-state index in [4.69, 9.17) is 23.2 Å². The smallest absolute Gasteiger partial charge is 0.348 e. The fourth-order valence-electron chi connectivity index (χ4n) is 2.42. The summed E-state index contributed by atoms with van der Waals surface area (Å²) in [4.78, 5) is 19.5. The molecular formula is C19H12Cl2F4N4O. The SMILES string of the molecule is O=C(NCc1ccc(F)cc1)c1cnc(Nc2cccc(Cl)c2Cl)nc1C(F)(F)F. The van der Waals surface area contributed by atoms with Crippen LogP contribution < -0.4 is 10.6 Å². The Morgan fingerprint density at radius 2 is 1.77 bits per heavy atom. The van der Waals surface area contributed by atoms with Gasteiger partial charge in [-0.25, -0.2) is 14.4 Å². The second kappa shape index (κ2) is 8.85. The minimum atomic E-state index is -4.92. The highest BCUT2D eigenvalue weighted by Crippen LogP contribution is 2.33. The van der Waals surface area contributed by atoms with Crippen LogP contribution in [0.25, 0.3) is 0 Å². The third-order valence-electron chi connectivity index (χ3n) is 3.87. The quantitative estimate of drug-likeness (QED) is 0.487. The number of carbonyl (C=O) groups excluding carboxylic acids is 1. The van der Waals surface area contributed by atoms with Crippen LogP contribution in [-0.2, 0) is 12.7 Å². The number of amides is 1. The Bertz CT molecular complexity index is 1080. The minimum Gasteiger partial charge on any atom is -0.348 e. The molecule has 0 spiro atoms. The maximum atomic E-state index is 13.5. The Kier molecular flexibility index (Phi) is 6.42. The molecule has 0 saturated carbocycles. The standard InChI is InChI=1S/C19H12Cl2F4N4O/c20-13-2-1-3-14(15(13)21)28-18-27-9-12(16(29-18)19(23,24)25)17(30)26-8-10-4-6-11(22)7-5-10/h1-7,9H,8H2,(H,26,30)(H,27,28,29). The summed E-state index contributed by atoms with van der Waals surface area (Å²) in [6.45, 7) is -0.103. The molecule has 156 valence electrons. The number of aromatic nitrogens is 2. The molecule has 0 aliphatic heterocycles. The van der Waals surface area contributed by atoms with Crippen molar-refractivity contribution in [1.29, 1.82) is 0 Å². The second-order valence-electron chi connectivity index (χ2n) is 5.99. The summed E-state index contributed by atoms with van der Waals surface area (Å²) in [5.41, 5.74) is -1.47. The average Bonchev–Trinajstić information content (AvgIpc) is 2.70. The van der Waals surface area contributed by atoms with Crippen molar-refractivity contribution in [3.63, 3.8) is 0 Å². The Hall–Kier alpha value is -2.91. The number of nitrogens with zero attached hydrogens (tertiary/aromatic N) is 2. The van der Waals surface area contributed by atoms with E-state index in [0.29, 0.717) is 5.56 Å². The van der Waals surface area contributed by atoms with Crippen molar-refractivity contribution in [3.05, 3.63) is 81.3 Å². The summed E-state index contributed by atoms with van der Waals surface area (Å²) in [6.07, 6.45) is -4.16. The molecule has 0 bridgehead atoms. The lowest BCUT2D eigenvalue weighted by Crippen LogP contribution is -2.27. The first-order valence-electron chi connectivity index (χ1n) is 8.33. The monoisotopic (exact) mass is 458 g/mol. The number of nitrogens with one attached hydrogen (secondary N) is 2. The molecule has 1 amide bonds. The first-order chi connectivity index (χ1) is 14.1. The lowest BCUT2D eigenvalue weighted by molar-refractivity contribution is -0.141. The van der Waals surface area contributed by atoms with Gasteiger partial charge in [0, 0.05) is 12.7 Å². The Labute approximate surface area is 178 Å². The minimum absolute atomic E-state index is 0.0810. The lowest BCUT2D eigenvalue weighted by Gasteiger charge is -2.14. The van der Waals surface area contributed by atoms with Crippen LogP contribution in [0.15, 0.2) is 48.7 Å². The molecule has 1 aromatic heterocycles. The molecule has 30 heavy (non-hydrogen) atoms. The molecule has 2 aromatic carbocycles. The topological polar surface area (TPSA) is 66.9 Å². The van der Waals surface area contributed by atoms with Crippen LogP contribution in [-0.4, -0.2) is 15.9 Å². The van der Waals surface area contributed by atoms with Gasteiger partial charge >= 0.3 is 6.18 Å². The van der Waals surface area contributed by atoms with Crippen LogP contribution in [0, 0.1) is 5.82 Å². The van der Waals surface area contributed by atoms with E-state index in [1.807, 2.05) is 0 Å². The number of hydrogen-bond donors (Lipinski definition) is 2. The van der Waals surface area contributed by atoms with Crippen molar-refractivity contribution in [2.45, 2.75) is 12.7 Å². The van der Waals surface area contributed by atoms with Crippen molar-refractivity contribution in [2.75, 3.05) is 5.32 Å². The summed E-state index contributed by atoms with van der Waals surface area (Å²) in [5, 5.41) is 5.15. The predicted octanol–water partition coefficient (Wildman–Crippen LogP) is 5.61. The highest BCUT2D eigenvalue weighted by molar-refractivity contribution is 6.43. The van der Waals surface area contributed by atoms with E-state index >= 15 is 0 Å². The molecule has 0 atom stereocenters. The van der Waals surface area contributed by atoms with Crippen molar-refractivity contribution < 1.29 is 22.4 Å². The highest BCUT2D eigenvalue weighted by Gasteiger charge is 2.38. The normalized spacial score (nSPS) is 11.3. The second-order valence-corrected chi connectivity index (χ2v) is 6.77. The third kappa shape index (κ3) is 5.17. The van der Waals surface area contributed by atoms with Crippen LogP contribution in [0.2, 0.25) is 10.0 Å². The molecule has 0 unspecified atom stereocenters. The predicted molar refractivity (Wildman–Crippen MR) is 104 cm³/mol. The maximum Gasteiger partial charge on any atom is 0.434 e. The van der Waals surface area contributed by atoms with Gasteiger partial charge < -0.3 is 10.6 Å². The van der Waals surface area contributed by atoms with Gasteiger partial charge in [0.15, 0.2) is 5.69 Å². The highest BCUT2D eigenvalue weighted by atomic mass is 35.5. The molecular weight excluding hydrogens is 447 g/mol. The van der Waals surface area contributed by atoms with E-state index in [9.17, 15) is 22.4 Å². The zero-order valence-electron chi connectivity index (χ0n) is 14.9. The van der Waals surface area contributed by atoms with Crippen LogP contribution >= 0.6 is 23.2 Å². The Morgan fingerprint density at radius 1 is 1.07 bits per heavy atom. The summed E-state index contributed by atoms with van der Waals surface area (Å²) < 4.78 is 53.4. The summed E-state index contributed by atoms with van der Waals surface area (Å²) in [7, 11) is 0. The number of rotatable bonds is 5. The van der Waals surface area contributed by atoms with Crippen molar-refractivity contribution >= 4 is 40.7 Å². The molecule has 0 aliphatic carbocycles. The van der Waals surface area contributed by atoms with Gasteiger partial charge in [-0.05, 0) is 29.8 Å². The number of anilines is 2. The largest absolute Gasteiger partial charge is 0.434 e. The molecule has 2 N–H and O–H groups in total. The average molecular weight is 459 g/mol. The van der Waals surface area contributed by atoms with Gasteiger partial charge in [0.25, 0.3) is 5.91 Å². The molecule has 5 nitrogen and oxygen atoms in total. The molecule has 11 heteroatoms. The molecule has 0 fully saturated rings. The van der Waals surface area contributed by atoms with E-state index in [1.54, 1.807) is 6.07 Å². The molecule has 0 radical (unpaired) electrons. The van der Waals surface area contributed by atoms with Gasteiger partial charge in [-0.1, -0.05) is 41.4 Å². The maximum absolute atomic E-state index is 13.5. The molecule has 1 heterocycles. The number of hydrogen-bond acceptors (Lipinski definition) is 4. The van der Waals surface area contributed by atoms with Crippen LogP contribution in [0.4, 0.5) is 29.2 Å². The molecule has 0 saturated heterocycles. The summed E-state index contributed by atoms with van der Waals surface area (Å²) in [5.74, 6) is -1.92. The van der Waals surface area contributed by atoms with Gasteiger partial charge in [-0.2, -0.15) is 13.2 Å². The first-order valence-corrected chi connectivity index (χ1v) is 9.08. The Morgan fingerprint density at radius 3 is 2.43 bits per heavy atom. The van der Waals surface area contributed by atoms with Crippen LogP contribution in [0.1, 0.15) is 21.6 Å². The van der Waals surface area contributed by atoms with E-state index in [-0.39, 0.29) is 22.3 Å². The van der Waals surface area contributed by atoms with Gasteiger partial charge in [-0.15, -0.1) is 0 Å². The number of alkyl halides is 3. The third-order valence-corrected chi connectivity index (χ3v) is 4.69. The van der Waals surface area contributed by atoms with Crippen molar-refractivity contribution in [2.24, 2.45) is 0 Å². The van der Waals surface area contributed by atoms with Gasteiger partial charge in [-0.3, -0.25) is 4.79 Å². The Balaban J connectivity index is 1.84.